The van der Waals surface area contributed by atoms with Gasteiger partial charge >= 0.3 is 0 Å². The molecule has 1 aromatic rings. The molecule has 1 saturated carbocycles. The number of aryl methyl sites for hydroxylation is 1. The van der Waals surface area contributed by atoms with Gasteiger partial charge in [-0.1, -0.05) is 18.9 Å². The van der Waals surface area contributed by atoms with Crippen molar-refractivity contribution >= 4 is 5.91 Å². The third-order valence-corrected chi connectivity index (χ3v) is 4.34. The molecule has 0 heterocycles. The summed E-state index contributed by atoms with van der Waals surface area (Å²) in [4.78, 5) is 14.2. The zero-order valence-corrected chi connectivity index (χ0v) is 13.2. The maximum absolute atomic E-state index is 12.3. The minimum atomic E-state index is 0.233. The van der Waals surface area contributed by atoms with Crippen molar-refractivity contribution in [1.82, 2.24) is 4.90 Å². The molecule has 0 aliphatic heterocycles. The highest BCUT2D eigenvalue weighted by molar-refractivity contribution is 5.76. The molecular formula is C17H25NO3. The molecule has 1 aliphatic carbocycles. The van der Waals surface area contributed by atoms with Crippen LogP contribution in [0.25, 0.3) is 0 Å². The molecule has 0 N–H and O–H groups in total. The fourth-order valence-corrected chi connectivity index (χ4v) is 2.96. The summed E-state index contributed by atoms with van der Waals surface area (Å²) in [6.07, 6.45) is 6.08. The molecular weight excluding hydrogens is 266 g/mol. The molecule has 1 fully saturated rings. The third kappa shape index (κ3) is 3.90. The Kier molecular flexibility index (Phi) is 5.48. The first-order valence-electron chi connectivity index (χ1n) is 7.62. The summed E-state index contributed by atoms with van der Waals surface area (Å²) < 4.78 is 10.5. The van der Waals surface area contributed by atoms with Gasteiger partial charge in [0.1, 0.15) is 0 Å². The van der Waals surface area contributed by atoms with E-state index >= 15 is 0 Å². The molecule has 1 aliphatic rings. The van der Waals surface area contributed by atoms with Gasteiger partial charge in [0.2, 0.25) is 5.91 Å². The topological polar surface area (TPSA) is 38.8 Å². The monoisotopic (exact) mass is 291 g/mol. The van der Waals surface area contributed by atoms with E-state index in [1.165, 1.54) is 12.8 Å². The Hall–Kier alpha value is -1.71. The summed E-state index contributed by atoms with van der Waals surface area (Å²) in [7, 11) is 5.19. The van der Waals surface area contributed by atoms with Crippen LogP contribution in [0.3, 0.4) is 0 Å². The molecule has 1 aromatic carbocycles. The quantitative estimate of drug-likeness (QED) is 0.808. The fraction of sp³-hybridized carbons (Fsp3) is 0.588. The van der Waals surface area contributed by atoms with Gasteiger partial charge in [-0.2, -0.15) is 0 Å². The number of carbonyl (C=O) groups excluding carboxylic acids is 1. The fourth-order valence-electron chi connectivity index (χ4n) is 2.96. The van der Waals surface area contributed by atoms with Crippen LogP contribution >= 0.6 is 0 Å². The lowest BCUT2D eigenvalue weighted by atomic mass is 10.1. The van der Waals surface area contributed by atoms with Crippen molar-refractivity contribution in [3.8, 4) is 11.5 Å². The number of ether oxygens (including phenoxy) is 2. The number of amides is 1. The average Bonchev–Trinajstić information content (AvgIpc) is 3.05. The van der Waals surface area contributed by atoms with E-state index in [-0.39, 0.29) is 5.91 Å². The lowest BCUT2D eigenvalue weighted by Crippen LogP contribution is -2.35. The molecule has 0 bridgehead atoms. The Morgan fingerprint density at radius 2 is 1.86 bits per heavy atom. The second kappa shape index (κ2) is 7.34. The van der Waals surface area contributed by atoms with Crippen molar-refractivity contribution in [1.29, 1.82) is 0 Å². The van der Waals surface area contributed by atoms with E-state index in [1.807, 2.05) is 30.1 Å². The molecule has 0 atom stereocenters. The van der Waals surface area contributed by atoms with E-state index < -0.39 is 0 Å². The summed E-state index contributed by atoms with van der Waals surface area (Å²) in [5, 5.41) is 0. The second-order valence-electron chi connectivity index (χ2n) is 5.63. The number of hydrogen-bond donors (Lipinski definition) is 0. The number of hydrogen-bond acceptors (Lipinski definition) is 3. The van der Waals surface area contributed by atoms with Gasteiger partial charge in [-0.05, 0) is 37.0 Å². The maximum atomic E-state index is 12.3. The minimum Gasteiger partial charge on any atom is -0.493 e. The maximum Gasteiger partial charge on any atom is 0.222 e. The molecule has 0 radical (unpaired) electrons. The standard InChI is InChI=1S/C17H25NO3/c1-18(14-6-4-5-7-14)17(19)11-9-13-8-10-15(20-2)16(12-13)21-3/h8,10,12,14H,4-7,9,11H2,1-3H3. The smallest absolute Gasteiger partial charge is 0.222 e. The van der Waals surface area contributed by atoms with E-state index in [4.69, 9.17) is 9.47 Å². The van der Waals surface area contributed by atoms with Crippen molar-refractivity contribution in [3.05, 3.63) is 23.8 Å². The number of nitrogens with zero attached hydrogens (tertiary/aromatic N) is 1. The zero-order valence-electron chi connectivity index (χ0n) is 13.2. The van der Waals surface area contributed by atoms with Crippen molar-refractivity contribution < 1.29 is 14.3 Å². The van der Waals surface area contributed by atoms with Crippen LogP contribution < -0.4 is 9.47 Å². The molecule has 21 heavy (non-hydrogen) atoms. The highest BCUT2D eigenvalue weighted by Crippen LogP contribution is 2.28. The van der Waals surface area contributed by atoms with Crippen molar-refractivity contribution in [2.75, 3.05) is 21.3 Å². The van der Waals surface area contributed by atoms with Crippen LogP contribution in [0.5, 0.6) is 11.5 Å². The highest BCUT2D eigenvalue weighted by atomic mass is 16.5. The molecule has 1 amide bonds. The first-order chi connectivity index (χ1) is 10.2. The van der Waals surface area contributed by atoms with Crippen LogP contribution in [0.4, 0.5) is 0 Å². The van der Waals surface area contributed by atoms with Gasteiger partial charge in [0, 0.05) is 19.5 Å². The number of benzene rings is 1. The van der Waals surface area contributed by atoms with E-state index in [1.54, 1.807) is 14.2 Å². The first kappa shape index (κ1) is 15.7. The SMILES string of the molecule is COc1ccc(CCC(=O)N(C)C2CCCC2)cc1OC. The highest BCUT2D eigenvalue weighted by Gasteiger charge is 2.22. The second-order valence-corrected chi connectivity index (χ2v) is 5.63. The van der Waals surface area contributed by atoms with Gasteiger partial charge in [-0.25, -0.2) is 0 Å². The molecule has 0 aromatic heterocycles. The van der Waals surface area contributed by atoms with Crippen LogP contribution in [0.1, 0.15) is 37.7 Å². The van der Waals surface area contributed by atoms with Gasteiger partial charge in [-0.15, -0.1) is 0 Å². The van der Waals surface area contributed by atoms with Crippen molar-refractivity contribution in [3.63, 3.8) is 0 Å². The van der Waals surface area contributed by atoms with Gasteiger partial charge in [0.15, 0.2) is 11.5 Å². The summed E-state index contributed by atoms with van der Waals surface area (Å²) >= 11 is 0. The predicted molar refractivity (Wildman–Crippen MR) is 82.9 cm³/mol. The number of methoxy groups -OCH3 is 2. The van der Waals surface area contributed by atoms with E-state index in [0.29, 0.717) is 18.2 Å². The molecule has 0 unspecified atom stereocenters. The largest absolute Gasteiger partial charge is 0.493 e. The van der Waals surface area contributed by atoms with Crippen LogP contribution in [0.2, 0.25) is 0 Å². The summed E-state index contributed by atoms with van der Waals surface area (Å²) in [6, 6.07) is 6.27. The Bertz CT molecular complexity index is 481. The van der Waals surface area contributed by atoms with Crippen molar-refractivity contribution in [2.45, 2.75) is 44.6 Å². The third-order valence-electron chi connectivity index (χ3n) is 4.34. The van der Waals surface area contributed by atoms with Crippen LogP contribution in [0.15, 0.2) is 18.2 Å². The summed E-state index contributed by atoms with van der Waals surface area (Å²) in [5.41, 5.74) is 1.10. The Morgan fingerprint density at radius 3 is 2.48 bits per heavy atom. The van der Waals surface area contributed by atoms with Gasteiger partial charge in [0.05, 0.1) is 14.2 Å². The summed E-state index contributed by atoms with van der Waals surface area (Å²) in [6.45, 7) is 0. The van der Waals surface area contributed by atoms with Gasteiger partial charge in [0.25, 0.3) is 0 Å². The van der Waals surface area contributed by atoms with Crippen molar-refractivity contribution in [2.24, 2.45) is 0 Å². The Balaban J connectivity index is 1.91. The van der Waals surface area contributed by atoms with Gasteiger partial charge < -0.3 is 14.4 Å². The zero-order chi connectivity index (χ0) is 15.2. The molecule has 0 saturated heterocycles. The lowest BCUT2D eigenvalue weighted by molar-refractivity contribution is -0.131. The van der Waals surface area contributed by atoms with E-state index in [9.17, 15) is 4.79 Å². The Morgan fingerprint density at radius 1 is 1.19 bits per heavy atom. The van der Waals surface area contributed by atoms with E-state index in [2.05, 4.69) is 0 Å². The lowest BCUT2D eigenvalue weighted by Gasteiger charge is -2.24. The van der Waals surface area contributed by atoms with E-state index in [0.717, 1.165) is 30.6 Å². The average molecular weight is 291 g/mol. The molecule has 2 rings (SSSR count). The number of rotatable bonds is 6. The molecule has 0 spiro atoms. The predicted octanol–water partition coefficient (Wildman–Crippen LogP) is 3.04. The van der Waals surface area contributed by atoms with Gasteiger partial charge in [-0.3, -0.25) is 4.79 Å². The van der Waals surface area contributed by atoms with Crippen LogP contribution in [-0.2, 0) is 11.2 Å². The first-order valence-corrected chi connectivity index (χ1v) is 7.62. The molecule has 116 valence electrons. The number of carbonyl (C=O) groups is 1. The van der Waals surface area contributed by atoms with Crippen LogP contribution in [-0.4, -0.2) is 38.1 Å². The Labute approximate surface area is 127 Å². The normalized spacial score (nSPS) is 15.0. The summed E-state index contributed by atoms with van der Waals surface area (Å²) in [5.74, 6) is 1.67. The van der Waals surface area contributed by atoms with Crippen LogP contribution in [0, 0.1) is 0 Å². The minimum absolute atomic E-state index is 0.233. The molecule has 4 heteroatoms. The molecule has 4 nitrogen and oxygen atoms in total.